The van der Waals surface area contributed by atoms with Crippen LogP contribution in [0.1, 0.15) is 35.8 Å². The number of hydrogen-bond donors (Lipinski definition) is 2. The first-order valence-corrected chi connectivity index (χ1v) is 7.45. The van der Waals surface area contributed by atoms with Gasteiger partial charge in [-0.3, -0.25) is 4.79 Å². The maximum Gasteiger partial charge on any atom is 0.277 e. The zero-order chi connectivity index (χ0) is 17.9. The van der Waals surface area contributed by atoms with Crippen LogP contribution in [0, 0.1) is 5.82 Å². The minimum absolute atomic E-state index is 0. The fraction of sp³-hybridized carbons (Fsp3) is 0.375. The maximum absolute atomic E-state index is 13.2. The van der Waals surface area contributed by atoms with E-state index in [9.17, 15) is 18.0 Å². The Kier molecular flexibility index (Phi) is 7.01. The van der Waals surface area contributed by atoms with Crippen molar-refractivity contribution in [3.8, 4) is 5.69 Å². The molecule has 0 saturated heterocycles. The molecular formula is C16H20ClF3N4O. The summed E-state index contributed by atoms with van der Waals surface area (Å²) >= 11 is 0. The van der Waals surface area contributed by atoms with Gasteiger partial charge in [-0.15, -0.1) is 12.4 Å². The van der Waals surface area contributed by atoms with Gasteiger partial charge in [-0.2, -0.15) is 5.10 Å². The summed E-state index contributed by atoms with van der Waals surface area (Å²) in [4.78, 5) is 12.2. The first-order valence-electron chi connectivity index (χ1n) is 7.45. The van der Waals surface area contributed by atoms with E-state index in [2.05, 4.69) is 10.4 Å². The molecule has 0 spiro atoms. The molecule has 0 unspecified atom stereocenters. The monoisotopic (exact) mass is 376 g/mol. The lowest BCUT2D eigenvalue weighted by atomic mass is 10.0. The number of amides is 1. The van der Waals surface area contributed by atoms with Gasteiger partial charge in [-0.05, 0) is 30.2 Å². The summed E-state index contributed by atoms with van der Waals surface area (Å²) in [6.45, 7) is 2.01. The smallest absolute Gasteiger partial charge is 0.277 e. The number of carbonyl (C=O) groups is 1. The Hall–Kier alpha value is -2.06. The highest BCUT2D eigenvalue weighted by Crippen LogP contribution is 2.23. The van der Waals surface area contributed by atoms with Crippen LogP contribution in [-0.4, -0.2) is 34.7 Å². The maximum atomic E-state index is 13.2. The van der Waals surface area contributed by atoms with Crippen LogP contribution in [0.15, 0.2) is 30.5 Å². The van der Waals surface area contributed by atoms with Crippen molar-refractivity contribution in [3.63, 3.8) is 0 Å². The molecule has 3 N–H and O–H groups in total. The third-order valence-corrected chi connectivity index (χ3v) is 3.48. The Morgan fingerprint density at radius 2 is 1.92 bits per heavy atom. The second kappa shape index (κ2) is 8.35. The molecule has 0 aliphatic carbocycles. The third-order valence-electron chi connectivity index (χ3n) is 3.48. The lowest BCUT2D eigenvalue weighted by Crippen LogP contribution is -2.41. The predicted molar refractivity (Wildman–Crippen MR) is 91.2 cm³/mol. The average molecular weight is 377 g/mol. The number of nitrogens with zero attached hydrogens (tertiary/aromatic N) is 2. The summed E-state index contributed by atoms with van der Waals surface area (Å²) in [5.74, 6) is -4.31. The molecule has 1 aromatic carbocycles. The molecular weight excluding hydrogens is 357 g/mol. The van der Waals surface area contributed by atoms with E-state index in [0.717, 1.165) is 0 Å². The molecule has 1 amide bonds. The van der Waals surface area contributed by atoms with E-state index in [1.54, 1.807) is 0 Å². The van der Waals surface area contributed by atoms with Crippen LogP contribution in [0.2, 0.25) is 0 Å². The van der Waals surface area contributed by atoms with E-state index >= 15 is 0 Å². The summed E-state index contributed by atoms with van der Waals surface area (Å²) in [5.41, 5.74) is 6.28. The number of aromatic nitrogens is 2. The Morgan fingerprint density at radius 3 is 2.44 bits per heavy atom. The topological polar surface area (TPSA) is 72.9 Å². The Bertz CT molecular complexity index is 717. The molecule has 0 fully saturated rings. The highest BCUT2D eigenvalue weighted by atomic mass is 35.5. The van der Waals surface area contributed by atoms with Gasteiger partial charge in [0.1, 0.15) is 5.82 Å². The van der Waals surface area contributed by atoms with Crippen molar-refractivity contribution in [1.29, 1.82) is 0 Å². The number of alkyl halides is 2. The van der Waals surface area contributed by atoms with Crippen LogP contribution in [0.25, 0.3) is 5.69 Å². The average Bonchev–Trinajstić information content (AvgIpc) is 2.98. The van der Waals surface area contributed by atoms with Gasteiger partial charge in [0.05, 0.1) is 36.2 Å². The van der Waals surface area contributed by atoms with Crippen LogP contribution in [0.5, 0.6) is 0 Å². The quantitative estimate of drug-likeness (QED) is 0.814. The SMILES string of the molecule is CC(C)c1c(C(=O)NCC(F)(F)CN)cnn1-c1ccc(F)cc1.Cl. The summed E-state index contributed by atoms with van der Waals surface area (Å²) < 4.78 is 41.0. The zero-order valence-electron chi connectivity index (χ0n) is 13.8. The Labute approximate surface area is 149 Å². The van der Waals surface area contributed by atoms with Crippen molar-refractivity contribution in [2.45, 2.75) is 25.7 Å². The molecule has 9 heteroatoms. The normalized spacial score (nSPS) is 11.3. The number of hydrogen-bond acceptors (Lipinski definition) is 3. The van der Waals surface area contributed by atoms with Gasteiger partial charge in [-0.25, -0.2) is 17.9 Å². The summed E-state index contributed by atoms with van der Waals surface area (Å²) in [6.07, 6.45) is 1.31. The van der Waals surface area contributed by atoms with Crippen molar-refractivity contribution >= 4 is 18.3 Å². The highest BCUT2D eigenvalue weighted by molar-refractivity contribution is 5.95. The van der Waals surface area contributed by atoms with Crippen molar-refractivity contribution in [3.05, 3.63) is 47.5 Å². The van der Waals surface area contributed by atoms with Crippen molar-refractivity contribution in [2.24, 2.45) is 5.73 Å². The number of nitrogens with two attached hydrogens (primary N) is 1. The first-order chi connectivity index (χ1) is 11.2. The molecule has 0 saturated carbocycles. The summed E-state index contributed by atoms with van der Waals surface area (Å²) in [5, 5.41) is 6.32. The second-order valence-electron chi connectivity index (χ2n) is 5.73. The zero-order valence-corrected chi connectivity index (χ0v) is 14.6. The molecule has 1 aromatic heterocycles. The van der Waals surface area contributed by atoms with Crippen LogP contribution in [-0.2, 0) is 0 Å². The number of nitrogens with one attached hydrogen (secondary N) is 1. The minimum atomic E-state index is -3.17. The molecule has 0 radical (unpaired) electrons. The molecule has 2 aromatic rings. The number of benzene rings is 1. The van der Waals surface area contributed by atoms with Crippen molar-refractivity contribution in [1.82, 2.24) is 15.1 Å². The van der Waals surface area contributed by atoms with Crippen molar-refractivity contribution < 1.29 is 18.0 Å². The number of rotatable bonds is 6. The summed E-state index contributed by atoms with van der Waals surface area (Å²) in [7, 11) is 0. The van der Waals surface area contributed by atoms with Gasteiger partial charge in [0, 0.05) is 0 Å². The van der Waals surface area contributed by atoms with Gasteiger partial charge in [0.2, 0.25) is 0 Å². The number of carbonyl (C=O) groups excluding carboxylic acids is 1. The summed E-state index contributed by atoms with van der Waals surface area (Å²) in [6, 6.07) is 5.61. The Morgan fingerprint density at radius 1 is 1.32 bits per heavy atom. The fourth-order valence-electron chi connectivity index (χ4n) is 2.25. The van der Waals surface area contributed by atoms with Gasteiger partial charge >= 0.3 is 0 Å². The third kappa shape index (κ3) is 4.96. The van der Waals surface area contributed by atoms with Crippen LogP contribution < -0.4 is 11.1 Å². The van der Waals surface area contributed by atoms with Gasteiger partial charge in [0.15, 0.2) is 0 Å². The van der Waals surface area contributed by atoms with E-state index in [4.69, 9.17) is 5.73 Å². The van der Waals surface area contributed by atoms with Crippen LogP contribution in [0.3, 0.4) is 0 Å². The number of halogens is 4. The van der Waals surface area contributed by atoms with Gasteiger partial charge in [0.25, 0.3) is 11.8 Å². The fourth-order valence-corrected chi connectivity index (χ4v) is 2.25. The molecule has 25 heavy (non-hydrogen) atoms. The van der Waals surface area contributed by atoms with E-state index in [-0.39, 0.29) is 29.7 Å². The molecule has 0 bridgehead atoms. The first kappa shape index (κ1) is 21.0. The lowest BCUT2D eigenvalue weighted by molar-refractivity contribution is 0.0118. The molecule has 0 aliphatic heterocycles. The molecule has 138 valence electrons. The van der Waals surface area contributed by atoms with Gasteiger partial charge in [-0.1, -0.05) is 13.8 Å². The van der Waals surface area contributed by atoms with Crippen molar-refractivity contribution in [2.75, 3.05) is 13.1 Å². The van der Waals surface area contributed by atoms with Crippen LogP contribution >= 0.6 is 12.4 Å². The predicted octanol–water partition coefficient (Wildman–Crippen LogP) is 2.88. The largest absolute Gasteiger partial charge is 0.346 e. The van der Waals surface area contributed by atoms with Gasteiger partial charge < -0.3 is 11.1 Å². The highest BCUT2D eigenvalue weighted by Gasteiger charge is 2.29. The lowest BCUT2D eigenvalue weighted by Gasteiger charge is -2.16. The van der Waals surface area contributed by atoms with E-state index in [1.807, 2.05) is 13.8 Å². The van der Waals surface area contributed by atoms with E-state index < -0.39 is 24.9 Å². The van der Waals surface area contributed by atoms with E-state index in [1.165, 1.54) is 35.1 Å². The minimum Gasteiger partial charge on any atom is -0.346 e. The second-order valence-corrected chi connectivity index (χ2v) is 5.73. The molecule has 5 nitrogen and oxygen atoms in total. The molecule has 0 aliphatic rings. The standard InChI is InChI=1S/C16H19F3N4O.ClH/c1-10(2)14-13(15(24)21-9-16(18,19)8-20)7-22-23(14)12-5-3-11(17)4-6-12;/h3-7,10H,8-9,20H2,1-2H3,(H,21,24);1H. The molecule has 0 atom stereocenters. The van der Waals surface area contributed by atoms with Crippen LogP contribution in [0.4, 0.5) is 13.2 Å². The molecule has 2 rings (SSSR count). The Balaban J connectivity index is 0.00000312. The van der Waals surface area contributed by atoms with E-state index in [0.29, 0.717) is 11.4 Å². The molecule has 1 heterocycles.